The maximum atomic E-state index is 12.1. The van der Waals surface area contributed by atoms with E-state index in [1.54, 1.807) is 0 Å². The van der Waals surface area contributed by atoms with Gasteiger partial charge < -0.3 is 4.74 Å². The fourth-order valence-corrected chi connectivity index (χ4v) is 2.71. The minimum atomic E-state index is -1.27. The van der Waals surface area contributed by atoms with Gasteiger partial charge in [0, 0.05) is 6.07 Å². The summed E-state index contributed by atoms with van der Waals surface area (Å²) in [4.78, 5) is 12.1. The van der Waals surface area contributed by atoms with Crippen LogP contribution in [0.3, 0.4) is 0 Å². The van der Waals surface area contributed by atoms with Crippen LogP contribution < -0.4 is 29.6 Å². The first kappa shape index (κ1) is 20.8. The van der Waals surface area contributed by atoms with Crippen LogP contribution in [-0.2, 0) is 22.4 Å². The summed E-state index contributed by atoms with van der Waals surface area (Å²) in [6, 6.07) is 22.9. The topological polar surface area (TPSA) is 73.9 Å². The minimum Gasteiger partial charge on any atom is -0.490 e. The molecule has 0 spiro atoms. The number of benzene rings is 2. The smallest absolute Gasteiger partial charge is 0.490 e. The quantitative estimate of drug-likeness (QED) is 0.429. The van der Waals surface area contributed by atoms with Gasteiger partial charge in [-0.25, -0.2) is 10.5 Å². The molecular weight excluding hydrogens is 323 g/mol. The van der Waals surface area contributed by atoms with Crippen molar-refractivity contribution >= 4 is 5.97 Å². The zero-order valence-electron chi connectivity index (χ0n) is 14.4. The van der Waals surface area contributed by atoms with Crippen molar-refractivity contribution in [1.82, 2.24) is 0 Å². The van der Waals surface area contributed by atoms with E-state index in [4.69, 9.17) is 4.74 Å². The summed E-state index contributed by atoms with van der Waals surface area (Å²) in [5, 5.41) is 19.4. The van der Waals surface area contributed by atoms with Gasteiger partial charge in [-0.2, -0.15) is 5.92 Å². The molecule has 2 aromatic rings. The Labute approximate surface area is 170 Å². The summed E-state index contributed by atoms with van der Waals surface area (Å²) in [7, 11) is 1.22. The predicted octanol–water partition coefficient (Wildman–Crippen LogP) is 0.257. The number of carbonyl (C=O) groups is 1. The van der Waals surface area contributed by atoms with Gasteiger partial charge in [0.15, 0.2) is 5.97 Å². The molecule has 4 nitrogen and oxygen atoms in total. The summed E-state index contributed by atoms with van der Waals surface area (Å²) in [6.07, 6.45) is 0.522. The van der Waals surface area contributed by atoms with E-state index in [1.807, 2.05) is 66.7 Å². The first-order chi connectivity index (χ1) is 11.6. The molecule has 25 heavy (non-hydrogen) atoms. The average molecular weight is 340 g/mol. The third-order valence-corrected chi connectivity index (χ3v) is 3.89. The number of hydrogen-bond acceptors (Lipinski definition) is 4. The Hall–Kier alpha value is -2.24. The Morgan fingerprint density at radius 2 is 1.44 bits per heavy atom. The number of methoxy groups -OCH3 is 1. The second-order valence-electron chi connectivity index (χ2n) is 5.50. The summed E-state index contributed by atoms with van der Waals surface area (Å²) in [5.41, 5.74) is 0.489. The zero-order chi connectivity index (χ0) is 17.4. The van der Waals surface area contributed by atoms with Crippen LogP contribution in [0.25, 0.3) is 0 Å². The molecule has 0 aliphatic rings. The van der Waals surface area contributed by atoms with Gasteiger partial charge in [0.1, 0.15) is 0 Å². The number of nitrogens with zero attached hydrogens (tertiary/aromatic N) is 2. The molecule has 120 valence electrons. The molecule has 0 atom stereocenters. The predicted molar refractivity (Wildman–Crippen MR) is 89.2 cm³/mol. The Morgan fingerprint density at radius 1 is 1.00 bits per heavy atom. The third kappa shape index (κ3) is 5.11. The van der Waals surface area contributed by atoms with Crippen LogP contribution in [0.15, 0.2) is 60.7 Å². The van der Waals surface area contributed by atoms with Crippen LogP contribution in [0.5, 0.6) is 0 Å². The molecule has 5 heteroatoms. The molecule has 2 rings (SSSR count). The number of hydrogen-bond donors (Lipinski definition) is 0. The van der Waals surface area contributed by atoms with Gasteiger partial charge in [-0.15, -0.1) is 0 Å². The molecular formula is C20H17N2NaO2. The number of nitriles is 2. The Kier molecular flexibility index (Phi) is 8.25. The van der Waals surface area contributed by atoms with E-state index in [1.165, 1.54) is 7.11 Å². The van der Waals surface area contributed by atoms with Crippen LogP contribution in [0.2, 0.25) is 0 Å². The summed E-state index contributed by atoms with van der Waals surface area (Å²) in [6.45, 7) is 0. The number of ether oxygens (including phenoxy) is 1. The fraction of sp³-hybridized carbons (Fsp3) is 0.200. The van der Waals surface area contributed by atoms with Gasteiger partial charge in [0.05, 0.1) is 7.11 Å². The summed E-state index contributed by atoms with van der Waals surface area (Å²) < 4.78 is 4.74. The van der Waals surface area contributed by atoms with Crippen LogP contribution in [0.1, 0.15) is 11.1 Å². The van der Waals surface area contributed by atoms with Crippen molar-refractivity contribution < 1.29 is 39.1 Å². The molecule has 0 heterocycles. The van der Waals surface area contributed by atoms with Gasteiger partial charge >= 0.3 is 29.6 Å². The third-order valence-electron chi connectivity index (χ3n) is 3.89. The number of rotatable bonds is 6. The molecule has 2 aromatic carbocycles. The van der Waals surface area contributed by atoms with Crippen molar-refractivity contribution in [3.8, 4) is 12.1 Å². The van der Waals surface area contributed by atoms with Crippen molar-refractivity contribution in [2.45, 2.75) is 12.8 Å². The standard InChI is InChI=1S/C20H17N2O2.Na/c1-24-19(23)18(14-21)20(15-22,12-16-8-4-2-5-9-16)13-17-10-6-3-7-11-17;/h2-11H,12-13H2,1H3;/q-1;+1. The first-order valence-corrected chi connectivity index (χ1v) is 7.50. The molecule has 0 fully saturated rings. The zero-order valence-corrected chi connectivity index (χ0v) is 16.4. The second-order valence-corrected chi connectivity index (χ2v) is 5.50. The van der Waals surface area contributed by atoms with E-state index in [9.17, 15) is 15.3 Å². The van der Waals surface area contributed by atoms with Gasteiger partial charge in [0.2, 0.25) is 0 Å². The molecule has 0 aliphatic heterocycles. The molecule has 0 aliphatic carbocycles. The van der Waals surface area contributed by atoms with E-state index in [0.29, 0.717) is 0 Å². The van der Waals surface area contributed by atoms with Gasteiger partial charge in [0.25, 0.3) is 0 Å². The van der Waals surface area contributed by atoms with Gasteiger partial charge in [-0.3, -0.25) is 4.79 Å². The Morgan fingerprint density at radius 3 is 1.76 bits per heavy atom. The molecule has 0 unspecified atom stereocenters. The van der Waals surface area contributed by atoms with Crippen molar-refractivity contribution in [2.24, 2.45) is 5.41 Å². The summed E-state index contributed by atoms with van der Waals surface area (Å²) >= 11 is 0. The van der Waals surface area contributed by atoms with E-state index in [-0.39, 0.29) is 48.3 Å². The van der Waals surface area contributed by atoms with Crippen molar-refractivity contribution in [1.29, 1.82) is 10.5 Å². The molecule has 0 saturated heterocycles. The van der Waals surface area contributed by atoms with Crippen LogP contribution in [0.4, 0.5) is 0 Å². The van der Waals surface area contributed by atoms with Crippen molar-refractivity contribution in [2.75, 3.05) is 7.11 Å². The summed E-state index contributed by atoms with van der Waals surface area (Å²) in [5.74, 6) is -0.925. The first-order valence-electron chi connectivity index (χ1n) is 7.50. The van der Waals surface area contributed by atoms with Crippen LogP contribution >= 0.6 is 0 Å². The molecule has 0 radical (unpaired) electrons. The molecule has 0 amide bonds. The maximum Gasteiger partial charge on any atom is 1.00 e. The van der Waals surface area contributed by atoms with E-state index >= 15 is 0 Å². The Bertz CT molecular complexity index is 722. The largest absolute Gasteiger partial charge is 1.00 e. The van der Waals surface area contributed by atoms with Gasteiger partial charge in [-0.05, 0) is 29.4 Å². The molecule has 0 aromatic heterocycles. The van der Waals surface area contributed by atoms with Crippen molar-refractivity contribution in [3.05, 3.63) is 77.7 Å². The van der Waals surface area contributed by atoms with E-state index in [2.05, 4.69) is 6.07 Å². The molecule has 0 saturated carbocycles. The molecule has 0 bridgehead atoms. The van der Waals surface area contributed by atoms with Gasteiger partial charge in [-0.1, -0.05) is 66.7 Å². The SMILES string of the molecule is COC(=O)[C-](C#N)C(C#N)(Cc1ccccc1)Cc1ccccc1.[Na+]. The fourth-order valence-electron chi connectivity index (χ4n) is 2.71. The Balaban J connectivity index is 0.00000312. The second kappa shape index (κ2) is 9.91. The van der Waals surface area contributed by atoms with Crippen LogP contribution in [0, 0.1) is 34.0 Å². The molecule has 0 N–H and O–H groups in total. The van der Waals surface area contributed by atoms with Crippen molar-refractivity contribution in [3.63, 3.8) is 0 Å². The number of carbonyl (C=O) groups excluding carboxylic acids is 1. The maximum absolute atomic E-state index is 12.1. The van der Waals surface area contributed by atoms with Crippen LogP contribution in [-0.4, -0.2) is 13.1 Å². The normalized spacial score (nSPS) is 9.88. The van der Waals surface area contributed by atoms with E-state index < -0.39 is 11.4 Å². The number of esters is 1. The minimum absolute atomic E-state index is 0. The monoisotopic (exact) mass is 340 g/mol. The van der Waals surface area contributed by atoms with E-state index in [0.717, 1.165) is 11.1 Å². The average Bonchev–Trinajstić information content (AvgIpc) is 2.63.